The second-order valence-corrected chi connectivity index (χ2v) is 6.41. The van der Waals surface area contributed by atoms with Crippen LogP contribution in [0, 0.1) is 12.7 Å². The minimum Gasteiger partial charge on any atom is -0.378 e. The van der Waals surface area contributed by atoms with E-state index in [0.717, 1.165) is 22.8 Å². The number of halogens is 1. The molecule has 3 nitrogen and oxygen atoms in total. The maximum atomic E-state index is 13.4. The average molecular weight is 308 g/mol. The van der Waals surface area contributed by atoms with Gasteiger partial charge >= 0.3 is 0 Å². The Balaban J connectivity index is 2.31. The summed E-state index contributed by atoms with van der Waals surface area (Å²) in [4.78, 5) is 5.82. The van der Waals surface area contributed by atoms with Crippen molar-refractivity contribution in [2.45, 2.75) is 40.0 Å². The monoisotopic (exact) mass is 308 g/mol. The third-order valence-electron chi connectivity index (χ3n) is 3.14. The predicted octanol–water partition coefficient (Wildman–Crippen LogP) is 3.90. The lowest BCUT2D eigenvalue weighted by molar-refractivity contribution is 0.181. The largest absolute Gasteiger partial charge is 0.378 e. The van der Waals surface area contributed by atoms with E-state index in [1.807, 2.05) is 6.07 Å². The van der Waals surface area contributed by atoms with Crippen molar-refractivity contribution in [2.75, 3.05) is 7.11 Å². The van der Waals surface area contributed by atoms with Crippen LogP contribution in [0.1, 0.15) is 30.0 Å². The first kappa shape index (κ1) is 16.1. The highest BCUT2D eigenvalue weighted by Crippen LogP contribution is 2.29. The molecule has 0 fully saturated rings. The van der Waals surface area contributed by atoms with Gasteiger partial charge in [0.15, 0.2) is 0 Å². The van der Waals surface area contributed by atoms with Crippen LogP contribution in [0.4, 0.5) is 4.39 Å². The Morgan fingerprint density at radius 3 is 2.76 bits per heavy atom. The summed E-state index contributed by atoms with van der Waals surface area (Å²) in [5.74, 6) is -0.186. The van der Waals surface area contributed by atoms with Gasteiger partial charge in [0.25, 0.3) is 0 Å². The van der Waals surface area contributed by atoms with E-state index in [1.54, 1.807) is 31.4 Å². The summed E-state index contributed by atoms with van der Waals surface area (Å²) in [6.07, 6.45) is 0. The van der Waals surface area contributed by atoms with Crippen molar-refractivity contribution in [3.05, 3.63) is 40.2 Å². The molecule has 1 N–H and O–H groups in total. The molecule has 0 spiro atoms. The first-order valence-corrected chi connectivity index (χ1v) is 7.80. The van der Waals surface area contributed by atoms with Gasteiger partial charge in [-0.3, -0.25) is 0 Å². The van der Waals surface area contributed by atoms with Crippen LogP contribution in [-0.2, 0) is 17.9 Å². The van der Waals surface area contributed by atoms with Crippen LogP contribution in [0.2, 0.25) is 0 Å². The van der Waals surface area contributed by atoms with E-state index in [9.17, 15) is 4.39 Å². The molecule has 21 heavy (non-hydrogen) atoms. The molecule has 0 unspecified atom stereocenters. The van der Waals surface area contributed by atoms with Gasteiger partial charge in [0.05, 0.1) is 12.3 Å². The first-order chi connectivity index (χ1) is 10.0. The minimum absolute atomic E-state index is 0.186. The van der Waals surface area contributed by atoms with Gasteiger partial charge in [0, 0.05) is 30.1 Å². The third kappa shape index (κ3) is 4.09. The van der Waals surface area contributed by atoms with E-state index in [4.69, 9.17) is 4.74 Å². The van der Waals surface area contributed by atoms with Gasteiger partial charge < -0.3 is 10.1 Å². The molecule has 0 saturated carbocycles. The molecule has 0 saturated heterocycles. The van der Waals surface area contributed by atoms with Crippen molar-refractivity contribution in [2.24, 2.45) is 0 Å². The third-order valence-corrected chi connectivity index (χ3v) is 4.28. The van der Waals surface area contributed by atoms with Gasteiger partial charge in [-0.15, -0.1) is 11.3 Å². The number of hydrogen-bond donors (Lipinski definition) is 1. The maximum Gasteiger partial charge on any atom is 0.126 e. The van der Waals surface area contributed by atoms with Gasteiger partial charge in [0.2, 0.25) is 0 Å². The minimum atomic E-state index is -0.186. The SMILES string of the molecule is COCc1nc(-c2ccc(F)c(C)c2)sc1CNC(C)C. The molecule has 1 heterocycles. The molecule has 114 valence electrons. The van der Waals surface area contributed by atoms with E-state index in [-0.39, 0.29) is 5.82 Å². The van der Waals surface area contributed by atoms with Gasteiger partial charge in [-0.1, -0.05) is 13.8 Å². The molecule has 0 amide bonds. The second kappa shape index (κ2) is 7.11. The van der Waals surface area contributed by atoms with Crippen molar-refractivity contribution in [1.82, 2.24) is 10.3 Å². The molecule has 5 heteroatoms. The summed E-state index contributed by atoms with van der Waals surface area (Å²) >= 11 is 1.63. The Morgan fingerprint density at radius 2 is 2.14 bits per heavy atom. The van der Waals surface area contributed by atoms with Gasteiger partial charge in [-0.2, -0.15) is 0 Å². The van der Waals surface area contributed by atoms with Gasteiger partial charge in [-0.25, -0.2) is 9.37 Å². The Morgan fingerprint density at radius 1 is 1.38 bits per heavy atom. The lowest BCUT2D eigenvalue weighted by Gasteiger charge is -2.07. The standard InChI is InChI=1S/C16H21FN2OS/c1-10(2)18-8-15-14(9-20-4)19-16(21-15)12-5-6-13(17)11(3)7-12/h5-7,10,18H,8-9H2,1-4H3. The van der Waals surface area contributed by atoms with E-state index in [2.05, 4.69) is 24.1 Å². The maximum absolute atomic E-state index is 13.4. The lowest BCUT2D eigenvalue weighted by atomic mass is 10.1. The zero-order valence-electron chi connectivity index (χ0n) is 12.9. The average Bonchev–Trinajstić information content (AvgIpc) is 2.83. The van der Waals surface area contributed by atoms with Crippen LogP contribution in [0.25, 0.3) is 10.6 Å². The van der Waals surface area contributed by atoms with Crippen molar-refractivity contribution in [3.63, 3.8) is 0 Å². The number of hydrogen-bond acceptors (Lipinski definition) is 4. The summed E-state index contributed by atoms with van der Waals surface area (Å²) in [5.41, 5.74) is 2.54. The highest BCUT2D eigenvalue weighted by Gasteiger charge is 2.13. The van der Waals surface area contributed by atoms with Gasteiger partial charge in [0.1, 0.15) is 10.8 Å². The van der Waals surface area contributed by atoms with Crippen molar-refractivity contribution in [1.29, 1.82) is 0 Å². The number of benzene rings is 1. The number of rotatable bonds is 6. The van der Waals surface area contributed by atoms with E-state index >= 15 is 0 Å². The Kier molecular flexibility index (Phi) is 5.45. The van der Waals surface area contributed by atoms with Crippen LogP contribution in [-0.4, -0.2) is 18.1 Å². The van der Waals surface area contributed by atoms with Crippen molar-refractivity contribution < 1.29 is 9.13 Å². The molecule has 0 aliphatic carbocycles. The van der Waals surface area contributed by atoms with Crippen LogP contribution < -0.4 is 5.32 Å². The Hall–Kier alpha value is -1.30. The van der Waals surface area contributed by atoms with E-state index in [1.165, 1.54) is 10.9 Å². The summed E-state index contributed by atoms with van der Waals surface area (Å²) in [6.45, 7) is 7.26. The summed E-state index contributed by atoms with van der Waals surface area (Å²) in [6, 6.07) is 5.52. The fourth-order valence-corrected chi connectivity index (χ4v) is 2.98. The number of ether oxygens (including phenoxy) is 1. The van der Waals surface area contributed by atoms with Crippen LogP contribution in [0.3, 0.4) is 0 Å². The molecule has 2 rings (SSSR count). The van der Waals surface area contributed by atoms with Crippen LogP contribution >= 0.6 is 11.3 Å². The molecule has 1 aromatic carbocycles. The molecule has 0 radical (unpaired) electrons. The number of thiazole rings is 1. The molecular weight excluding hydrogens is 287 g/mol. The molecule has 0 atom stereocenters. The normalized spacial score (nSPS) is 11.3. The Labute approximate surface area is 129 Å². The first-order valence-electron chi connectivity index (χ1n) is 6.98. The summed E-state index contributed by atoms with van der Waals surface area (Å²) in [5, 5.41) is 4.31. The predicted molar refractivity (Wildman–Crippen MR) is 84.9 cm³/mol. The quantitative estimate of drug-likeness (QED) is 0.879. The number of nitrogens with one attached hydrogen (secondary N) is 1. The van der Waals surface area contributed by atoms with E-state index < -0.39 is 0 Å². The topological polar surface area (TPSA) is 34.1 Å². The van der Waals surface area contributed by atoms with E-state index in [0.29, 0.717) is 18.2 Å². The lowest BCUT2D eigenvalue weighted by Crippen LogP contribution is -2.21. The zero-order chi connectivity index (χ0) is 15.4. The molecule has 2 aromatic rings. The van der Waals surface area contributed by atoms with Crippen molar-refractivity contribution >= 4 is 11.3 Å². The molecular formula is C16H21FN2OS. The summed E-state index contributed by atoms with van der Waals surface area (Å²) in [7, 11) is 1.67. The second-order valence-electron chi connectivity index (χ2n) is 5.32. The number of aromatic nitrogens is 1. The fraction of sp³-hybridized carbons (Fsp3) is 0.438. The summed E-state index contributed by atoms with van der Waals surface area (Å²) < 4.78 is 18.6. The van der Waals surface area contributed by atoms with Crippen LogP contribution in [0.5, 0.6) is 0 Å². The zero-order valence-corrected chi connectivity index (χ0v) is 13.7. The molecule has 0 aliphatic heterocycles. The molecule has 0 aliphatic rings. The highest BCUT2D eigenvalue weighted by atomic mass is 32.1. The molecule has 1 aromatic heterocycles. The number of aryl methyl sites for hydroxylation is 1. The van der Waals surface area contributed by atoms with Gasteiger partial charge in [-0.05, 0) is 30.7 Å². The van der Waals surface area contributed by atoms with Crippen molar-refractivity contribution in [3.8, 4) is 10.6 Å². The Bertz CT molecular complexity index is 610. The number of nitrogens with zero attached hydrogens (tertiary/aromatic N) is 1. The fourth-order valence-electron chi connectivity index (χ4n) is 1.97. The highest BCUT2D eigenvalue weighted by molar-refractivity contribution is 7.15. The smallest absolute Gasteiger partial charge is 0.126 e. The number of methoxy groups -OCH3 is 1. The van der Waals surface area contributed by atoms with Crippen LogP contribution in [0.15, 0.2) is 18.2 Å². The molecule has 0 bridgehead atoms.